The summed E-state index contributed by atoms with van der Waals surface area (Å²) in [4.78, 5) is 5.21. The molecule has 2 saturated heterocycles. The highest BCUT2D eigenvalue weighted by atomic mass is 15.4. The Kier molecular flexibility index (Phi) is 3.98. The number of hydrogen-bond acceptors (Lipinski definition) is 4. The molecular weight excluding hydrogens is 250 g/mol. The summed E-state index contributed by atoms with van der Waals surface area (Å²) in [5, 5.41) is 8.10. The summed E-state index contributed by atoms with van der Waals surface area (Å²) in [7, 11) is 2.08. The summed E-state index contributed by atoms with van der Waals surface area (Å²) >= 11 is 0. The second-order valence-electron chi connectivity index (χ2n) is 6.07. The number of nitrogens with zero attached hydrogens (tertiary/aromatic N) is 4. The normalized spacial score (nSPS) is 23.4. The van der Waals surface area contributed by atoms with Crippen molar-refractivity contribution >= 4 is 5.82 Å². The van der Waals surface area contributed by atoms with Gasteiger partial charge in [0.25, 0.3) is 0 Å². The van der Waals surface area contributed by atoms with Crippen LogP contribution in [0, 0.1) is 6.92 Å². The van der Waals surface area contributed by atoms with Crippen LogP contribution < -0.4 is 10.2 Å². The quantitative estimate of drug-likeness (QED) is 0.895. The number of rotatable bonds is 4. The van der Waals surface area contributed by atoms with E-state index >= 15 is 0 Å². The minimum absolute atomic E-state index is 0.756. The SMILES string of the molecule is CCNCc1c(C)nn(C)c1N1CCN2CCCC2C1. The summed E-state index contributed by atoms with van der Waals surface area (Å²) in [5.74, 6) is 1.33. The van der Waals surface area contributed by atoms with Gasteiger partial charge in [0.05, 0.1) is 5.69 Å². The highest BCUT2D eigenvalue weighted by Gasteiger charge is 2.32. The maximum absolute atomic E-state index is 4.65. The Morgan fingerprint density at radius 3 is 2.95 bits per heavy atom. The van der Waals surface area contributed by atoms with Crippen LogP contribution in [0.3, 0.4) is 0 Å². The van der Waals surface area contributed by atoms with Crippen LogP contribution in [0.15, 0.2) is 0 Å². The predicted octanol–water partition coefficient (Wildman–Crippen LogP) is 1.12. The molecule has 5 nitrogen and oxygen atoms in total. The Balaban J connectivity index is 1.82. The molecule has 0 saturated carbocycles. The molecular formula is C15H27N5. The topological polar surface area (TPSA) is 36.3 Å². The summed E-state index contributed by atoms with van der Waals surface area (Å²) in [6.07, 6.45) is 2.73. The molecule has 20 heavy (non-hydrogen) atoms. The van der Waals surface area contributed by atoms with Crippen molar-refractivity contribution in [2.75, 3.05) is 37.6 Å². The molecule has 112 valence electrons. The maximum Gasteiger partial charge on any atom is 0.131 e. The number of piperazine rings is 1. The molecule has 0 spiro atoms. The van der Waals surface area contributed by atoms with Gasteiger partial charge < -0.3 is 10.2 Å². The van der Waals surface area contributed by atoms with Gasteiger partial charge >= 0.3 is 0 Å². The van der Waals surface area contributed by atoms with Gasteiger partial charge in [0.2, 0.25) is 0 Å². The fourth-order valence-electron chi connectivity index (χ4n) is 3.73. The molecule has 2 fully saturated rings. The summed E-state index contributed by atoms with van der Waals surface area (Å²) < 4.78 is 2.08. The average Bonchev–Trinajstić information content (AvgIpc) is 2.99. The number of fused-ring (bicyclic) bond motifs is 1. The predicted molar refractivity (Wildman–Crippen MR) is 82.1 cm³/mol. The number of nitrogens with one attached hydrogen (secondary N) is 1. The summed E-state index contributed by atoms with van der Waals surface area (Å²) in [6.45, 7) is 11.0. The number of aryl methyl sites for hydroxylation is 2. The van der Waals surface area contributed by atoms with E-state index in [1.165, 1.54) is 37.3 Å². The first-order valence-corrected chi connectivity index (χ1v) is 7.93. The summed E-state index contributed by atoms with van der Waals surface area (Å²) in [5.41, 5.74) is 2.54. The molecule has 1 aromatic heterocycles. The Labute approximate surface area is 121 Å². The third kappa shape index (κ3) is 2.44. The van der Waals surface area contributed by atoms with Gasteiger partial charge in [0.15, 0.2) is 0 Å². The molecule has 1 unspecified atom stereocenters. The second kappa shape index (κ2) is 5.74. The Morgan fingerprint density at radius 1 is 1.30 bits per heavy atom. The molecule has 2 aliphatic rings. The zero-order valence-corrected chi connectivity index (χ0v) is 13.0. The fraction of sp³-hybridized carbons (Fsp3) is 0.800. The van der Waals surface area contributed by atoms with Gasteiger partial charge in [-0.05, 0) is 32.9 Å². The molecule has 0 amide bonds. The molecule has 1 N–H and O–H groups in total. The van der Waals surface area contributed by atoms with Gasteiger partial charge in [-0.15, -0.1) is 0 Å². The highest BCUT2D eigenvalue weighted by Crippen LogP contribution is 2.28. The van der Waals surface area contributed by atoms with Crippen molar-refractivity contribution in [1.29, 1.82) is 0 Å². The molecule has 0 aromatic carbocycles. The van der Waals surface area contributed by atoms with Crippen molar-refractivity contribution < 1.29 is 0 Å². The first-order chi connectivity index (χ1) is 9.70. The fourth-order valence-corrected chi connectivity index (χ4v) is 3.73. The van der Waals surface area contributed by atoms with E-state index in [1.807, 2.05) is 0 Å². The molecule has 1 atom stereocenters. The first-order valence-electron chi connectivity index (χ1n) is 7.93. The van der Waals surface area contributed by atoms with Crippen LogP contribution in [0.5, 0.6) is 0 Å². The van der Waals surface area contributed by atoms with Gasteiger partial charge in [0.1, 0.15) is 5.82 Å². The van der Waals surface area contributed by atoms with Gasteiger partial charge in [0, 0.05) is 44.8 Å². The molecule has 0 radical (unpaired) electrons. The lowest BCUT2D eigenvalue weighted by molar-refractivity contribution is 0.229. The first kappa shape index (κ1) is 13.9. The van der Waals surface area contributed by atoms with Gasteiger partial charge in [-0.2, -0.15) is 5.10 Å². The lowest BCUT2D eigenvalue weighted by Crippen LogP contribution is -2.51. The van der Waals surface area contributed by atoms with Crippen molar-refractivity contribution in [1.82, 2.24) is 20.0 Å². The average molecular weight is 277 g/mol. The molecule has 0 aliphatic carbocycles. The van der Waals surface area contributed by atoms with Gasteiger partial charge in [-0.25, -0.2) is 0 Å². The van der Waals surface area contributed by atoms with Crippen molar-refractivity contribution in [3.05, 3.63) is 11.3 Å². The van der Waals surface area contributed by atoms with Crippen molar-refractivity contribution in [2.45, 2.75) is 39.3 Å². The standard InChI is InChI=1S/C15H27N5/c1-4-16-10-14-12(2)17-18(3)15(14)20-9-8-19-7-5-6-13(19)11-20/h13,16H,4-11H2,1-3H3. The zero-order chi connectivity index (χ0) is 14.1. The van der Waals surface area contributed by atoms with Crippen LogP contribution in [0.25, 0.3) is 0 Å². The van der Waals surface area contributed by atoms with Crippen LogP contribution >= 0.6 is 0 Å². The van der Waals surface area contributed by atoms with Crippen molar-refractivity contribution in [2.24, 2.45) is 7.05 Å². The molecule has 1 aromatic rings. The Morgan fingerprint density at radius 2 is 2.15 bits per heavy atom. The van der Waals surface area contributed by atoms with Gasteiger partial charge in [-0.1, -0.05) is 6.92 Å². The smallest absolute Gasteiger partial charge is 0.131 e. The van der Waals surface area contributed by atoms with E-state index in [4.69, 9.17) is 0 Å². The number of aromatic nitrogens is 2. The van der Waals surface area contributed by atoms with Crippen LogP contribution in [0.4, 0.5) is 5.82 Å². The Hall–Kier alpha value is -1.07. The zero-order valence-electron chi connectivity index (χ0n) is 13.0. The van der Waals surface area contributed by atoms with E-state index in [2.05, 4.69) is 45.8 Å². The van der Waals surface area contributed by atoms with E-state index in [0.29, 0.717) is 0 Å². The molecule has 2 aliphatic heterocycles. The van der Waals surface area contributed by atoms with E-state index in [0.717, 1.165) is 37.9 Å². The van der Waals surface area contributed by atoms with Crippen molar-refractivity contribution in [3.8, 4) is 0 Å². The van der Waals surface area contributed by atoms with E-state index < -0.39 is 0 Å². The van der Waals surface area contributed by atoms with E-state index in [1.54, 1.807) is 0 Å². The third-order valence-corrected chi connectivity index (χ3v) is 4.75. The van der Waals surface area contributed by atoms with Crippen LogP contribution in [-0.2, 0) is 13.6 Å². The Bertz CT molecular complexity index is 467. The van der Waals surface area contributed by atoms with E-state index in [-0.39, 0.29) is 0 Å². The summed E-state index contributed by atoms with van der Waals surface area (Å²) in [6, 6.07) is 0.756. The maximum atomic E-state index is 4.65. The minimum Gasteiger partial charge on any atom is -0.354 e. The van der Waals surface area contributed by atoms with Crippen LogP contribution in [-0.4, -0.2) is 53.4 Å². The van der Waals surface area contributed by atoms with E-state index in [9.17, 15) is 0 Å². The molecule has 5 heteroatoms. The van der Waals surface area contributed by atoms with Crippen molar-refractivity contribution in [3.63, 3.8) is 0 Å². The lowest BCUT2D eigenvalue weighted by atomic mass is 10.1. The van der Waals surface area contributed by atoms with Gasteiger partial charge in [-0.3, -0.25) is 9.58 Å². The monoisotopic (exact) mass is 277 g/mol. The molecule has 3 heterocycles. The van der Waals surface area contributed by atoms with Crippen LogP contribution in [0.1, 0.15) is 31.0 Å². The third-order valence-electron chi connectivity index (χ3n) is 4.75. The lowest BCUT2D eigenvalue weighted by Gasteiger charge is -2.39. The number of hydrogen-bond donors (Lipinski definition) is 1. The van der Waals surface area contributed by atoms with Crippen LogP contribution in [0.2, 0.25) is 0 Å². The largest absolute Gasteiger partial charge is 0.354 e. The molecule has 0 bridgehead atoms. The molecule has 3 rings (SSSR count). The highest BCUT2D eigenvalue weighted by molar-refractivity contribution is 5.51. The number of anilines is 1. The minimum atomic E-state index is 0.756. The second-order valence-corrected chi connectivity index (χ2v) is 6.07.